The van der Waals surface area contributed by atoms with Crippen molar-refractivity contribution in [2.45, 2.75) is 6.92 Å². The van der Waals surface area contributed by atoms with Crippen LogP contribution in [0.4, 0.5) is 4.39 Å². The summed E-state index contributed by atoms with van der Waals surface area (Å²) >= 11 is 3.05. The van der Waals surface area contributed by atoms with E-state index < -0.39 is 0 Å². The molecule has 2 aromatic heterocycles. The van der Waals surface area contributed by atoms with Crippen molar-refractivity contribution in [3.8, 4) is 11.3 Å². The Balaban J connectivity index is 2.12. The van der Waals surface area contributed by atoms with Gasteiger partial charge < -0.3 is 0 Å². The molecule has 0 fully saturated rings. The summed E-state index contributed by atoms with van der Waals surface area (Å²) in [6, 6.07) is 8.73. The molecule has 0 atom stereocenters. The second-order valence-electron chi connectivity index (χ2n) is 5.04. The molecule has 24 heavy (non-hydrogen) atoms. The number of halogens is 1. The molecule has 3 aromatic rings. The highest BCUT2D eigenvalue weighted by molar-refractivity contribution is 7.11. The lowest BCUT2D eigenvalue weighted by molar-refractivity contribution is 0.629. The molecular weight excluding hydrogens is 341 g/mol. The average molecular weight is 357 g/mol. The van der Waals surface area contributed by atoms with E-state index in [0.29, 0.717) is 22.6 Å². The molecular formula is C18H16FN3S2. The molecule has 0 amide bonds. The topological polar surface area (TPSA) is 29.6 Å². The molecule has 0 bridgehead atoms. The van der Waals surface area contributed by atoms with Crippen molar-refractivity contribution in [1.29, 1.82) is 0 Å². The third-order valence-electron chi connectivity index (χ3n) is 3.38. The van der Waals surface area contributed by atoms with E-state index in [1.165, 1.54) is 17.4 Å². The van der Waals surface area contributed by atoms with E-state index >= 15 is 0 Å². The third kappa shape index (κ3) is 3.44. The molecule has 122 valence electrons. The van der Waals surface area contributed by atoms with Crippen molar-refractivity contribution in [1.82, 2.24) is 4.68 Å². The number of rotatable bonds is 5. The standard InChI is InChI=1S/C18H16FN3S2/c1-3-9-20-18-22(21-11-17-13(2)8-10-23-17)16(12-24-18)14-6-4-5-7-15(14)19/h3-8,10-12H,1,9H2,2H3. The first-order chi connectivity index (χ1) is 11.7. The van der Waals surface area contributed by atoms with Crippen LogP contribution in [0, 0.1) is 12.7 Å². The first-order valence-corrected chi connectivity index (χ1v) is 9.12. The Morgan fingerprint density at radius 1 is 1.25 bits per heavy atom. The molecule has 0 aliphatic carbocycles. The predicted molar refractivity (Wildman–Crippen MR) is 100 cm³/mol. The van der Waals surface area contributed by atoms with Crippen LogP contribution < -0.4 is 4.80 Å². The minimum Gasteiger partial charge on any atom is -0.253 e. The molecule has 0 aliphatic heterocycles. The quantitative estimate of drug-likeness (QED) is 0.468. The number of aryl methyl sites for hydroxylation is 1. The van der Waals surface area contributed by atoms with Crippen LogP contribution >= 0.6 is 22.7 Å². The van der Waals surface area contributed by atoms with Crippen LogP contribution in [0.15, 0.2) is 63.8 Å². The van der Waals surface area contributed by atoms with Gasteiger partial charge in [-0.25, -0.2) is 9.07 Å². The lowest BCUT2D eigenvalue weighted by atomic mass is 10.1. The normalized spacial score (nSPS) is 12.2. The van der Waals surface area contributed by atoms with Gasteiger partial charge in [0.2, 0.25) is 4.80 Å². The van der Waals surface area contributed by atoms with Gasteiger partial charge in [-0.15, -0.1) is 29.3 Å². The molecule has 0 radical (unpaired) electrons. The molecule has 0 saturated heterocycles. The second-order valence-corrected chi connectivity index (χ2v) is 6.82. The van der Waals surface area contributed by atoms with Gasteiger partial charge in [0.1, 0.15) is 5.82 Å². The zero-order valence-corrected chi connectivity index (χ0v) is 14.8. The lowest BCUT2D eigenvalue weighted by Crippen LogP contribution is -2.12. The maximum atomic E-state index is 14.2. The Hall–Kier alpha value is -2.31. The SMILES string of the molecule is C=CCN=c1scc(-c2ccccc2F)n1N=Cc1sccc1C. The van der Waals surface area contributed by atoms with E-state index in [2.05, 4.69) is 16.7 Å². The highest BCUT2D eigenvalue weighted by Gasteiger charge is 2.11. The summed E-state index contributed by atoms with van der Waals surface area (Å²) in [7, 11) is 0. The van der Waals surface area contributed by atoms with Crippen molar-refractivity contribution in [3.05, 3.63) is 74.8 Å². The van der Waals surface area contributed by atoms with Crippen LogP contribution in [0.1, 0.15) is 10.4 Å². The summed E-state index contributed by atoms with van der Waals surface area (Å²) in [5, 5.41) is 8.46. The van der Waals surface area contributed by atoms with Gasteiger partial charge >= 0.3 is 0 Å². The van der Waals surface area contributed by atoms with Crippen LogP contribution in [-0.4, -0.2) is 17.4 Å². The number of thiazole rings is 1. The largest absolute Gasteiger partial charge is 0.253 e. The fourth-order valence-electron chi connectivity index (χ4n) is 2.14. The first-order valence-electron chi connectivity index (χ1n) is 7.36. The van der Waals surface area contributed by atoms with Gasteiger partial charge in [-0.3, -0.25) is 4.99 Å². The van der Waals surface area contributed by atoms with Gasteiger partial charge in [0.05, 0.1) is 23.3 Å². The third-order valence-corrected chi connectivity index (χ3v) is 5.19. The van der Waals surface area contributed by atoms with E-state index in [4.69, 9.17) is 0 Å². The van der Waals surface area contributed by atoms with E-state index in [1.807, 2.05) is 29.8 Å². The molecule has 0 N–H and O–H groups in total. The number of hydrogen-bond donors (Lipinski definition) is 0. The number of benzene rings is 1. The molecule has 0 spiro atoms. The Bertz CT molecular complexity index is 947. The molecule has 0 unspecified atom stereocenters. The zero-order chi connectivity index (χ0) is 16.9. The Labute approximate surface area is 147 Å². The summed E-state index contributed by atoms with van der Waals surface area (Å²) in [6.45, 7) is 6.22. The van der Waals surface area contributed by atoms with Crippen LogP contribution in [-0.2, 0) is 0 Å². The van der Waals surface area contributed by atoms with Crippen molar-refractivity contribution in [3.63, 3.8) is 0 Å². The van der Waals surface area contributed by atoms with Crippen molar-refractivity contribution in [2.24, 2.45) is 10.1 Å². The van der Waals surface area contributed by atoms with Crippen molar-refractivity contribution in [2.75, 3.05) is 6.54 Å². The zero-order valence-electron chi connectivity index (χ0n) is 13.1. The van der Waals surface area contributed by atoms with E-state index in [1.54, 1.807) is 40.4 Å². The first kappa shape index (κ1) is 16.5. The van der Waals surface area contributed by atoms with Gasteiger partial charge in [-0.05, 0) is 36.1 Å². The average Bonchev–Trinajstić information content (AvgIpc) is 3.17. The Morgan fingerprint density at radius 3 is 2.79 bits per heavy atom. The van der Waals surface area contributed by atoms with Crippen LogP contribution in [0.5, 0.6) is 0 Å². The molecule has 0 saturated carbocycles. The second kappa shape index (κ2) is 7.51. The molecule has 2 heterocycles. The van der Waals surface area contributed by atoms with Gasteiger partial charge in [0, 0.05) is 10.9 Å². The van der Waals surface area contributed by atoms with Crippen LogP contribution in [0.2, 0.25) is 0 Å². The molecule has 1 aromatic carbocycles. The molecule has 6 heteroatoms. The molecule has 3 rings (SSSR count). The maximum Gasteiger partial charge on any atom is 0.206 e. The molecule has 3 nitrogen and oxygen atoms in total. The smallest absolute Gasteiger partial charge is 0.206 e. The lowest BCUT2D eigenvalue weighted by Gasteiger charge is -2.04. The van der Waals surface area contributed by atoms with E-state index in [0.717, 1.165) is 10.4 Å². The minimum atomic E-state index is -0.276. The fourth-order valence-corrected chi connectivity index (χ4v) is 3.76. The summed E-state index contributed by atoms with van der Waals surface area (Å²) in [4.78, 5) is 6.23. The van der Waals surface area contributed by atoms with Crippen molar-refractivity contribution < 1.29 is 4.39 Å². The Kier molecular flexibility index (Phi) is 5.17. The number of hydrogen-bond acceptors (Lipinski definition) is 4. The predicted octanol–water partition coefficient (Wildman–Crippen LogP) is 4.69. The highest BCUT2D eigenvalue weighted by Crippen LogP contribution is 2.23. The van der Waals surface area contributed by atoms with Crippen molar-refractivity contribution >= 4 is 28.9 Å². The van der Waals surface area contributed by atoms with Crippen LogP contribution in [0.3, 0.4) is 0 Å². The van der Waals surface area contributed by atoms with Gasteiger partial charge in [-0.1, -0.05) is 18.2 Å². The number of nitrogens with zero attached hydrogens (tertiary/aromatic N) is 3. The minimum absolute atomic E-state index is 0.276. The Morgan fingerprint density at radius 2 is 2.08 bits per heavy atom. The van der Waals surface area contributed by atoms with Crippen LogP contribution in [0.25, 0.3) is 11.3 Å². The summed E-state index contributed by atoms with van der Waals surface area (Å²) < 4.78 is 15.9. The number of thiophene rings is 1. The van der Waals surface area contributed by atoms with Gasteiger partial charge in [0.25, 0.3) is 0 Å². The van der Waals surface area contributed by atoms with E-state index in [9.17, 15) is 4.39 Å². The summed E-state index contributed by atoms with van der Waals surface area (Å²) in [6.07, 6.45) is 3.52. The highest BCUT2D eigenvalue weighted by atomic mass is 32.1. The number of aromatic nitrogens is 1. The van der Waals surface area contributed by atoms with Gasteiger partial charge in [0.15, 0.2) is 0 Å². The maximum absolute atomic E-state index is 14.2. The summed E-state index contributed by atoms with van der Waals surface area (Å²) in [5.74, 6) is -0.276. The molecule has 0 aliphatic rings. The van der Waals surface area contributed by atoms with Gasteiger partial charge in [-0.2, -0.15) is 5.10 Å². The summed E-state index contributed by atoms with van der Waals surface area (Å²) in [5.41, 5.74) is 2.36. The monoisotopic (exact) mass is 357 g/mol. The van der Waals surface area contributed by atoms with E-state index in [-0.39, 0.29) is 5.82 Å². The fraction of sp³-hybridized carbons (Fsp3) is 0.111.